The fourth-order valence-electron chi connectivity index (χ4n) is 0.817. The van der Waals surface area contributed by atoms with Crippen molar-refractivity contribution in [3.8, 4) is 0 Å². The van der Waals surface area contributed by atoms with Gasteiger partial charge in [0.15, 0.2) is 0 Å². The highest BCUT2D eigenvalue weighted by molar-refractivity contribution is 9.10. The maximum Gasteiger partial charge on any atom is 0.344 e. The number of aliphatic carboxylic acids is 1. The lowest BCUT2D eigenvalue weighted by molar-refractivity contribution is -0.142. The number of halogens is 2. The lowest BCUT2D eigenvalue weighted by Gasteiger charge is -1.98. The van der Waals surface area contributed by atoms with Crippen LogP contribution in [0.5, 0.6) is 0 Å². The molecule has 4 nitrogen and oxygen atoms in total. The Balaban J connectivity index is 2.67. The normalized spacial score (nSPS) is 10.5. The van der Waals surface area contributed by atoms with Gasteiger partial charge in [0.2, 0.25) is 6.61 Å². The van der Waals surface area contributed by atoms with E-state index in [1.54, 1.807) is 6.07 Å². The van der Waals surface area contributed by atoms with E-state index in [4.69, 9.17) is 5.11 Å². The predicted molar refractivity (Wildman–Crippen MR) is 55.3 cm³/mol. The van der Waals surface area contributed by atoms with E-state index in [9.17, 15) is 9.18 Å². The van der Waals surface area contributed by atoms with Crippen LogP contribution in [0.15, 0.2) is 27.8 Å². The monoisotopic (exact) mass is 275 g/mol. The summed E-state index contributed by atoms with van der Waals surface area (Å²) < 4.78 is 13.7. The van der Waals surface area contributed by atoms with Gasteiger partial charge in [0, 0.05) is 10.0 Å². The largest absolute Gasteiger partial charge is 0.479 e. The Hall–Kier alpha value is -1.43. The van der Waals surface area contributed by atoms with Crippen molar-refractivity contribution in [3.05, 3.63) is 34.1 Å². The summed E-state index contributed by atoms with van der Waals surface area (Å²) in [6.45, 7) is -0.553. The van der Waals surface area contributed by atoms with E-state index in [1.165, 1.54) is 12.1 Å². The third-order valence-corrected chi connectivity index (χ3v) is 2.14. The van der Waals surface area contributed by atoms with Gasteiger partial charge >= 0.3 is 5.97 Å². The number of nitrogens with zero attached hydrogens (tertiary/aromatic N) is 1. The number of carbonyl (C=O) groups is 1. The average Bonchev–Trinajstić information content (AvgIpc) is 2.15. The van der Waals surface area contributed by atoms with Gasteiger partial charge < -0.3 is 9.94 Å². The summed E-state index contributed by atoms with van der Waals surface area (Å²) in [5.41, 5.74) is 0.211. The highest BCUT2D eigenvalue weighted by atomic mass is 79.9. The van der Waals surface area contributed by atoms with E-state index >= 15 is 0 Å². The van der Waals surface area contributed by atoms with Gasteiger partial charge in [0.25, 0.3) is 0 Å². The summed E-state index contributed by atoms with van der Waals surface area (Å²) >= 11 is 3.13. The van der Waals surface area contributed by atoms with Crippen LogP contribution in [-0.4, -0.2) is 23.9 Å². The van der Waals surface area contributed by atoms with Gasteiger partial charge in [0.05, 0.1) is 6.21 Å². The van der Waals surface area contributed by atoms with Crippen molar-refractivity contribution in [2.45, 2.75) is 0 Å². The molecule has 0 aliphatic rings. The van der Waals surface area contributed by atoms with Crippen molar-refractivity contribution in [1.82, 2.24) is 0 Å². The maximum absolute atomic E-state index is 13.1. The standard InChI is InChI=1S/C9H7BrFNO3/c10-7-2-1-3-8(11)6(7)4-12-15-5-9(13)14/h1-4H,5H2,(H,13,14). The molecule has 0 unspecified atom stereocenters. The van der Waals surface area contributed by atoms with Crippen LogP contribution in [0.4, 0.5) is 4.39 Å². The smallest absolute Gasteiger partial charge is 0.344 e. The molecular weight excluding hydrogens is 269 g/mol. The highest BCUT2D eigenvalue weighted by Crippen LogP contribution is 2.17. The highest BCUT2D eigenvalue weighted by Gasteiger charge is 2.03. The first-order valence-electron chi connectivity index (χ1n) is 3.92. The zero-order valence-electron chi connectivity index (χ0n) is 7.48. The number of carboxylic acids is 1. The third-order valence-electron chi connectivity index (χ3n) is 1.44. The molecule has 80 valence electrons. The van der Waals surface area contributed by atoms with Gasteiger partial charge in [-0.3, -0.25) is 0 Å². The summed E-state index contributed by atoms with van der Waals surface area (Å²) in [5.74, 6) is -1.60. The molecule has 0 radical (unpaired) electrons. The van der Waals surface area contributed by atoms with Gasteiger partial charge in [-0.05, 0) is 12.1 Å². The van der Waals surface area contributed by atoms with Crippen molar-refractivity contribution in [1.29, 1.82) is 0 Å². The van der Waals surface area contributed by atoms with Crippen molar-refractivity contribution in [3.63, 3.8) is 0 Å². The molecule has 0 spiro atoms. The molecule has 6 heteroatoms. The van der Waals surface area contributed by atoms with Crippen LogP contribution in [0.1, 0.15) is 5.56 Å². The number of rotatable bonds is 4. The summed E-state index contributed by atoms with van der Waals surface area (Å²) in [6, 6.07) is 4.44. The lowest BCUT2D eigenvalue weighted by atomic mass is 10.2. The molecule has 0 aliphatic heterocycles. The van der Waals surface area contributed by atoms with E-state index in [-0.39, 0.29) is 5.56 Å². The van der Waals surface area contributed by atoms with Crippen molar-refractivity contribution < 1.29 is 19.1 Å². The number of hydrogen-bond acceptors (Lipinski definition) is 3. The summed E-state index contributed by atoms with van der Waals surface area (Å²) in [5, 5.41) is 11.6. The fraction of sp³-hybridized carbons (Fsp3) is 0.111. The molecule has 15 heavy (non-hydrogen) atoms. The van der Waals surface area contributed by atoms with Gasteiger partial charge in [-0.2, -0.15) is 0 Å². The Morgan fingerprint density at radius 1 is 1.67 bits per heavy atom. The van der Waals surface area contributed by atoms with Crippen LogP contribution in [-0.2, 0) is 9.63 Å². The second kappa shape index (κ2) is 5.45. The molecule has 0 saturated heterocycles. The zero-order valence-corrected chi connectivity index (χ0v) is 9.07. The van der Waals surface area contributed by atoms with E-state index < -0.39 is 18.4 Å². The van der Waals surface area contributed by atoms with Crippen LogP contribution in [0.2, 0.25) is 0 Å². The Bertz CT molecular complexity index is 375. The summed E-state index contributed by atoms with van der Waals surface area (Å²) in [7, 11) is 0. The summed E-state index contributed by atoms with van der Waals surface area (Å²) in [4.78, 5) is 14.5. The van der Waals surface area contributed by atoms with Crippen molar-refractivity contribution >= 4 is 28.1 Å². The van der Waals surface area contributed by atoms with Gasteiger partial charge in [-0.15, -0.1) is 0 Å². The first kappa shape index (κ1) is 11.6. The van der Waals surface area contributed by atoms with E-state index in [2.05, 4.69) is 25.9 Å². The number of benzene rings is 1. The number of carboxylic acid groups (broad SMARTS) is 1. The molecule has 0 aliphatic carbocycles. The first-order valence-corrected chi connectivity index (χ1v) is 4.71. The van der Waals surface area contributed by atoms with Gasteiger partial charge in [-0.1, -0.05) is 27.2 Å². The Labute approximate surface area is 93.5 Å². The van der Waals surface area contributed by atoms with Crippen LogP contribution >= 0.6 is 15.9 Å². The number of oxime groups is 1. The predicted octanol–water partition coefficient (Wildman–Crippen LogP) is 2.02. The van der Waals surface area contributed by atoms with Crippen LogP contribution < -0.4 is 0 Å². The molecule has 0 atom stereocenters. The zero-order chi connectivity index (χ0) is 11.3. The Morgan fingerprint density at radius 2 is 2.40 bits per heavy atom. The lowest BCUT2D eigenvalue weighted by Crippen LogP contribution is -2.03. The average molecular weight is 276 g/mol. The molecule has 1 aromatic carbocycles. The van der Waals surface area contributed by atoms with Crippen molar-refractivity contribution in [2.75, 3.05) is 6.61 Å². The molecule has 0 fully saturated rings. The minimum absolute atomic E-state index is 0.211. The van der Waals surface area contributed by atoms with Crippen LogP contribution in [0.3, 0.4) is 0 Å². The fourth-order valence-corrected chi connectivity index (χ4v) is 1.26. The second-order valence-corrected chi connectivity index (χ2v) is 3.39. The van der Waals surface area contributed by atoms with Gasteiger partial charge in [-0.25, -0.2) is 9.18 Å². The number of hydrogen-bond donors (Lipinski definition) is 1. The molecule has 1 aromatic rings. The minimum atomic E-state index is -1.14. The Kier molecular flexibility index (Phi) is 4.23. The van der Waals surface area contributed by atoms with Crippen LogP contribution in [0.25, 0.3) is 0 Å². The van der Waals surface area contributed by atoms with E-state index in [0.29, 0.717) is 4.47 Å². The van der Waals surface area contributed by atoms with Crippen molar-refractivity contribution in [2.24, 2.45) is 5.16 Å². The molecule has 1 N–H and O–H groups in total. The quantitative estimate of drug-likeness (QED) is 0.676. The van der Waals surface area contributed by atoms with E-state index in [1.807, 2.05) is 0 Å². The molecule has 0 aromatic heterocycles. The van der Waals surface area contributed by atoms with E-state index in [0.717, 1.165) is 6.21 Å². The topological polar surface area (TPSA) is 58.9 Å². The maximum atomic E-state index is 13.1. The first-order chi connectivity index (χ1) is 7.11. The molecule has 0 bridgehead atoms. The molecule has 0 saturated carbocycles. The molecular formula is C9H7BrFNO3. The minimum Gasteiger partial charge on any atom is -0.479 e. The molecule has 0 amide bonds. The second-order valence-electron chi connectivity index (χ2n) is 2.54. The third kappa shape index (κ3) is 3.67. The SMILES string of the molecule is O=C(O)CON=Cc1c(F)cccc1Br. The Morgan fingerprint density at radius 3 is 3.00 bits per heavy atom. The molecule has 0 heterocycles. The van der Waals surface area contributed by atoms with Gasteiger partial charge in [0.1, 0.15) is 5.82 Å². The van der Waals surface area contributed by atoms with Crippen LogP contribution in [0, 0.1) is 5.82 Å². The molecule has 1 rings (SSSR count). The summed E-state index contributed by atoms with van der Waals surface area (Å²) in [6.07, 6.45) is 1.11.